The second kappa shape index (κ2) is 10.2. The van der Waals surface area contributed by atoms with E-state index < -0.39 is 0 Å². The first-order valence-electron chi connectivity index (χ1n) is 12.1. The lowest BCUT2D eigenvalue weighted by atomic mass is 9.78. The van der Waals surface area contributed by atoms with E-state index in [1.54, 1.807) is 6.92 Å². The maximum Gasteiger partial charge on any atom is 0.159 e. The Morgan fingerprint density at radius 1 is 0.875 bits per heavy atom. The number of benzene rings is 2. The molecule has 1 heterocycles. The SMILES string of the molecule is CCC1CCC(c2ccc(-c3cnc(-c4ccc(CC(C)C(C)=O)cc4)nc3)cc2)CC1. The Balaban J connectivity index is 1.41. The Hall–Kier alpha value is -2.81. The maximum atomic E-state index is 11.5. The fourth-order valence-electron chi connectivity index (χ4n) is 4.77. The molecule has 3 heteroatoms. The van der Waals surface area contributed by atoms with Crippen molar-refractivity contribution in [3.63, 3.8) is 0 Å². The highest BCUT2D eigenvalue weighted by Crippen LogP contribution is 2.37. The van der Waals surface area contributed by atoms with Crippen molar-refractivity contribution < 1.29 is 4.79 Å². The Kier molecular flexibility index (Phi) is 7.14. The smallest absolute Gasteiger partial charge is 0.159 e. The largest absolute Gasteiger partial charge is 0.300 e. The molecule has 0 radical (unpaired) electrons. The van der Waals surface area contributed by atoms with Gasteiger partial charge in [-0.25, -0.2) is 9.97 Å². The molecule has 3 nitrogen and oxygen atoms in total. The Morgan fingerprint density at radius 3 is 2.03 bits per heavy atom. The second-order valence-corrected chi connectivity index (χ2v) is 9.46. The summed E-state index contributed by atoms with van der Waals surface area (Å²) in [6.07, 6.45) is 11.3. The topological polar surface area (TPSA) is 42.9 Å². The average molecular weight is 427 g/mol. The van der Waals surface area contributed by atoms with Crippen LogP contribution in [0.25, 0.3) is 22.5 Å². The van der Waals surface area contributed by atoms with Gasteiger partial charge in [0, 0.05) is 29.4 Å². The summed E-state index contributed by atoms with van der Waals surface area (Å²) < 4.78 is 0. The van der Waals surface area contributed by atoms with Crippen molar-refractivity contribution >= 4 is 5.78 Å². The monoisotopic (exact) mass is 426 g/mol. The van der Waals surface area contributed by atoms with E-state index in [-0.39, 0.29) is 11.7 Å². The van der Waals surface area contributed by atoms with Gasteiger partial charge >= 0.3 is 0 Å². The van der Waals surface area contributed by atoms with E-state index in [4.69, 9.17) is 0 Å². The van der Waals surface area contributed by atoms with E-state index in [0.717, 1.165) is 40.4 Å². The molecule has 32 heavy (non-hydrogen) atoms. The zero-order valence-corrected chi connectivity index (χ0v) is 19.6. The zero-order valence-electron chi connectivity index (χ0n) is 19.6. The number of aromatic nitrogens is 2. The number of hydrogen-bond donors (Lipinski definition) is 0. The van der Waals surface area contributed by atoms with Crippen molar-refractivity contribution in [2.24, 2.45) is 11.8 Å². The van der Waals surface area contributed by atoms with Gasteiger partial charge < -0.3 is 0 Å². The van der Waals surface area contributed by atoms with Gasteiger partial charge in [0.1, 0.15) is 5.78 Å². The lowest BCUT2D eigenvalue weighted by Crippen LogP contribution is -2.12. The van der Waals surface area contributed by atoms with E-state index >= 15 is 0 Å². The first-order chi connectivity index (χ1) is 15.5. The number of carbonyl (C=O) groups excluding carboxylic acids is 1. The van der Waals surface area contributed by atoms with Gasteiger partial charge in [-0.15, -0.1) is 0 Å². The number of rotatable bonds is 7. The molecule has 2 aromatic carbocycles. The van der Waals surface area contributed by atoms with Crippen LogP contribution in [0.1, 0.15) is 69.9 Å². The summed E-state index contributed by atoms with van der Waals surface area (Å²) >= 11 is 0. The summed E-state index contributed by atoms with van der Waals surface area (Å²) in [4.78, 5) is 20.7. The molecule has 0 aliphatic heterocycles. The van der Waals surface area contributed by atoms with E-state index in [0.29, 0.717) is 5.92 Å². The van der Waals surface area contributed by atoms with Crippen molar-refractivity contribution in [3.8, 4) is 22.5 Å². The Bertz CT molecular complexity index is 1010. The van der Waals surface area contributed by atoms with Crippen LogP contribution in [0.3, 0.4) is 0 Å². The first kappa shape index (κ1) is 22.4. The minimum Gasteiger partial charge on any atom is -0.300 e. The minimum absolute atomic E-state index is 0.0501. The van der Waals surface area contributed by atoms with Crippen LogP contribution in [0.2, 0.25) is 0 Å². The highest BCUT2D eigenvalue weighted by Gasteiger charge is 2.21. The molecule has 1 atom stereocenters. The molecule has 0 N–H and O–H groups in total. The van der Waals surface area contributed by atoms with Gasteiger partial charge in [-0.05, 0) is 67.6 Å². The lowest BCUT2D eigenvalue weighted by molar-refractivity contribution is -0.120. The third-order valence-corrected chi connectivity index (χ3v) is 7.24. The van der Waals surface area contributed by atoms with Crippen LogP contribution < -0.4 is 0 Å². The van der Waals surface area contributed by atoms with Gasteiger partial charge in [-0.2, -0.15) is 0 Å². The highest BCUT2D eigenvalue weighted by molar-refractivity contribution is 5.78. The van der Waals surface area contributed by atoms with Crippen molar-refractivity contribution in [2.45, 2.75) is 65.2 Å². The predicted molar refractivity (Wildman–Crippen MR) is 131 cm³/mol. The zero-order chi connectivity index (χ0) is 22.5. The highest BCUT2D eigenvalue weighted by atomic mass is 16.1. The molecule has 4 rings (SSSR count). The maximum absolute atomic E-state index is 11.5. The number of Topliss-reactive ketones (excluding diaryl/α,β-unsaturated/α-hetero) is 1. The number of nitrogens with zero attached hydrogens (tertiary/aromatic N) is 2. The van der Waals surface area contributed by atoms with E-state index in [1.807, 2.05) is 31.5 Å². The molecule has 166 valence electrons. The quantitative estimate of drug-likeness (QED) is 0.399. The molecular formula is C29H34N2O. The summed E-state index contributed by atoms with van der Waals surface area (Å²) in [5.41, 5.74) is 5.84. The molecule has 0 spiro atoms. The summed E-state index contributed by atoms with van der Waals surface area (Å²) in [6, 6.07) is 17.2. The molecule has 1 unspecified atom stereocenters. The number of ketones is 1. The summed E-state index contributed by atoms with van der Waals surface area (Å²) in [5, 5.41) is 0. The summed E-state index contributed by atoms with van der Waals surface area (Å²) in [7, 11) is 0. The summed E-state index contributed by atoms with van der Waals surface area (Å²) in [6.45, 7) is 5.94. The molecule has 1 saturated carbocycles. The van der Waals surface area contributed by atoms with Gasteiger partial charge in [0.05, 0.1) is 0 Å². The Morgan fingerprint density at radius 2 is 1.47 bits per heavy atom. The second-order valence-electron chi connectivity index (χ2n) is 9.46. The minimum atomic E-state index is 0.0501. The molecule has 0 saturated heterocycles. The van der Waals surface area contributed by atoms with E-state index in [2.05, 4.69) is 53.3 Å². The predicted octanol–water partition coefficient (Wildman–Crippen LogP) is 7.26. The van der Waals surface area contributed by atoms with Gasteiger partial charge in [0.2, 0.25) is 0 Å². The third-order valence-electron chi connectivity index (χ3n) is 7.24. The van der Waals surface area contributed by atoms with E-state index in [9.17, 15) is 4.79 Å². The van der Waals surface area contributed by atoms with Crippen molar-refractivity contribution in [3.05, 3.63) is 72.1 Å². The molecule has 0 amide bonds. The Labute approximate surface area is 192 Å². The lowest BCUT2D eigenvalue weighted by Gasteiger charge is -2.28. The van der Waals surface area contributed by atoms with Crippen LogP contribution in [0.4, 0.5) is 0 Å². The van der Waals surface area contributed by atoms with Gasteiger partial charge in [0.15, 0.2) is 5.82 Å². The van der Waals surface area contributed by atoms with Crippen molar-refractivity contribution in [1.82, 2.24) is 9.97 Å². The van der Waals surface area contributed by atoms with Crippen LogP contribution in [0, 0.1) is 11.8 Å². The van der Waals surface area contributed by atoms with E-state index in [1.165, 1.54) is 37.7 Å². The molecular weight excluding hydrogens is 392 g/mol. The fourth-order valence-corrected chi connectivity index (χ4v) is 4.77. The standard InChI is InChI=1S/C29H34N2O/c1-4-22-5-9-24(10-6-22)25-13-15-26(16-14-25)28-18-30-29(31-19-28)27-11-7-23(8-12-27)17-20(2)21(3)32/h7-8,11-16,18-20,22,24H,4-6,9-10,17H2,1-3H3. The van der Waals surface area contributed by atoms with Gasteiger partial charge in [-0.1, -0.05) is 68.8 Å². The average Bonchev–Trinajstić information content (AvgIpc) is 2.85. The normalized spacial score (nSPS) is 19.5. The number of carbonyl (C=O) groups is 1. The van der Waals surface area contributed by atoms with Crippen LogP contribution in [-0.2, 0) is 11.2 Å². The fraction of sp³-hybridized carbons (Fsp3) is 0.414. The van der Waals surface area contributed by atoms with Crippen LogP contribution in [0.15, 0.2) is 60.9 Å². The van der Waals surface area contributed by atoms with Crippen LogP contribution in [0.5, 0.6) is 0 Å². The van der Waals surface area contributed by atoms with Crippen LogP contribution in [-0.4, -0.2) is 15.8 Å². The third kappa shape index (κ3) is 5.32. The van der Waals surface area contributed by atoms with Gasteiger partial charge in [0.25, 0.3) is 0 Å². The molecule has 3 aromatic rings. The molecule has 1 aromatic heterocycles. The van der Waals surface area contributed by atoms with Crippen molar-refractivity contribution in [1.29, 1.82) is 0 Å². The molecule has 1 fully saturated rings. The first-order valence-corrected chi connectivity index (χ1v) is 12.1. The summed E-state index contributed by atoms with van der Waals surface area (Å²) in [5.74, 6) is 2.65. The molecule has 1 aliphatic rings. The van der Waals surface area contributed by atoms with Gasteiger partial charge in [-0.3, -0.25) is 4.79 Å². The van der Waals surface area contributed by atoms with Crippen molar-refractivity contribution in [2.75, 3.05) is 0 Å². The molecule has 0 bridgehead atoms. The van der Waals surface area contributed by atoms with Crippen LogP contribution >= 0.6 is 0 Å². The molecule has 1 aliphatic carbocycles. The number of hydrogen-bond acceptors (Lipinski definition) is 3.